The van der Waals surface area contributed by atoms with Gasteiger partial charge in [0.25, 0.3) is 0 Å². The molecule has 1 heterocycles. The van der Waals surface area contributed by atoms with Crippen LogP contribution in [0.15, 0.2) is 54.6 Å². The maximum Gasteiger partial charge on any atom is 0.313 e. The molecule has 0 radical (unpaired) electrons. The number of carbonyl (C=O) groups excluding carboxylic acids is 1. The van der Waals surface area contributed by atoms with Crippen molar-refractivity contribution in [2.45, 2.75) is 25.2 Å². The first-order chi connectivity index (χ1) is 11.3. The van der Waals surface area contributed by atoms with Crippen LogP contribution < -0.4 is 4.74 Å². The van der Waals surface area contributed by atoms with Crippen LogP contribution in [-0.4, -0.2) is 19.7 Å². The molecular formula is C20H22O3. The Labute approximate surface area is 137 Å². The Kier molecular flexibility index (Phi) is 4.96. The van der Waals surface area contributed by atoms with Crippen LogP contribution in [0.1, 0.15) is 29.9 Å². The van der Waals surface area contributed by atoms with Gasteiger partial charge in [-0.2, -0.15) is 0 Å². The van der Waals surface area contributed by atoms with Crippen molar-refractivity contribution in [1.82, 2.24) is 0 Å². The summed E-state index contributed by atoms with van der Waals surface area (Å²) in [6, 6.07) is 18.2. The Morgan fingerprint density at radius 2 is 1.83 bits per heavy atom. The lowest BCUT2D eigenvalue weighted by Crippen LogP contribution is -2.31. The number of esters is 1. The molecule has 0 bridgehead atoms. The van der Waals surface area contributed by atoms with Crippen LogP contribution in [-0.2, 0) is 16.0 Å². The fourth-order valence-corrected chi connectivity index (χ4v) is 3.29. The van der Waals surface area contributed by atoms with Crippen molar-refractivity contribution in [3.05, 3.63) is 65.7 Å². The zero-order chi connectivity index (χ0) is 16.1. The number of methoxy groups -OCH3 is 1. The summed E-state index contributed by atoms with van der Waals surface area (Å²) < 4.78 is 10.5. The van der Waals surface area contributed by atoms with Crippen molar-refractivity contribution in [3.8, 4) is 5.75 Å². The molecule has 0 unspecified atom stereocenters. The summed E-state index contributed by atoms with van der Waals surface area (Å²) in [7, 11) is 1.65. The summed E-state index contributed by atoms with van der Waals surface area (Å²) in [5, 5.41) is 0. The summed E-state index contributed by atoms with van der Waals surface area (Å²) in [5.74, 6) is 0.862. The van der Waals surface area contributed by atoms with E-state index in [1.54, 1.807) is 7.11 Å². The van der Waals surface area contributed by atoms with Gasteiger partial charge in [0.1, 0.15) is 5.75 Å². The second kappa shape index (κ2) is 7.32. The zero-order valence-electron chi connectivity index (χ0n) is 13.4. The Balaban J connectivity index is 1.74. The Morgan fingerprint density at radius 3 is 2.52 bits per heavy atom. The molecule has 1 aliphatic rings. The van der Waals surface area contributed by atoms with Gasteiger partial charge in [-0.25, -0.2) is 0 Å². The van der Waals surface area contributed by atoms with E-state index in [4.69, 9.17) is 9.47 Å². The van der Waals surface area contributed by atoms with E-state index in [2.05, 4.69) is 24.3 Å². The van der Waals surface area contributed by atoms with Gasteiger partial charge < -0.3 is 9.47 Å². The maximum atomic E-state index is 12.3. The van der Waals surface area contributed by atoms with Gasteiger partial charge in [0.15, 0.2) is 0 Å². The van der Waals surface area contributed by atoms with Gasteiger partial charge in [-0.1, -0.05) is 42.5 Å². The molecule has 0 saturated carbocycles. The first-order valence-corrected chi connectivity index (χ1v) is 8.12. The number of aryl methyl sites for hydroxylation is 1. The van der Waals surface area contributed by atoms with Crippen molar-refractivity contribution in [3.63, 3.8) is 0 Å². The minimum Gasteiger partial charge on any atom is -0.497 e. The zero-order valence-corrected chi connectivity index (χ0v) is 13.4. The molecule has 1 fully saturated rings. The monoisotopic (exact) mass is 310 g/mol. The Bertz CT molecular complexity index is 634. The highest BCUT2D eigenvalue weighted by Crippen LogP contribution is 2.36. The lowest BCUT2D eigenvalue weighted by Gasteiger charge is -2.30. The topological polar surface area (TPSA) is 35.5 Å². The molecule has 2 aromatic carbocycles. The van der Waals surface area contributed by atoms with E-state index in [-0.39, 0.29) is 11.9 Å². The third-order valence-corrected chi connectivity index (χ3v) is 4.58. The highest BCUT2D eigenvalue weighted by Gasteiger charge is 2.34. The van der Waals surface area contributed by atoms with Crippen molar-refractivity contribution < 1.29 is 14.3 Å². The molecule has 2 atom stereocenters. The van der Waals surface area contributed by atoms with Crippen LogP contribution in [0.3, 0.4) is 0 Å². The second-order valence-electron chi connectivity index (χ2n) is 5.99. The molecule has 2 aromatic rings. The van der Waals surface area contributed by atoms with E-state index in [0.29, 0.717) is 12.5 Å². The molecule has 3 heteroatoms. The van der Waals surface area contributed by atoms with Crippen LogP contribution in [0.4, 0.5) is 0 Å². The smallest absolute Gasteiger partial charge is 0.313 e. The van der Waals surface area contributed by atoms with Crippen LogP contribution in [0.2, 0.25) is 0 Å². The number of hydrogen-bond donors (Lipinski definition) is 0. The minimum absolute atomic E-state index is 0.0977. The Morgan fingerprint density at radius 1 is 1.09 bits per heavy atom. The van der Waals surface area contributed by atoms with Crippen LogP contribution in [0, 0.1) is 5.92 Å². The molecule has 0 aliphatic carbocycles. The molecule has 120 valence electrons. The third-order valence-electron chi connectivity index (χ3n) is 4.58. The fourth-order valence-electron chi connectivity index (χ4n) is 3.29. The highest BCUT2D eigenvalue weighted by molar-refractivity contribution is 5.79. The van der Waals surface area contributed by atoms with Gasteiger partial charge in [0.2, 0.25) is 0 Å². The van der Waals surface area contributed by atoms with Gasteiger partial charge in [0.05, 0.1) is 19.6 Å². The predicted octanol–water partition coefficient (Wildman–Crippen LogP) is 3.97. The number of hydrogen-bond acceptors (Lipinski definition) is 3. The maximum absolute atomic E-state index is 12.3. The first-order valence-electron chi connectivity index (χ1n) is 8.12. The van der Waals surface area contributed by atoms with Crippen molar-refractivity contribution in [2.24, 2.45) is 5.92 Å². The number of benzene rings is 2. The van der Waals surface area contributed by atoms with E-state index in [0.717, 1.165) is 30.6 Å². The number of carbonyl (C=O) groups is 1. The predicted molar refractivity (Wildman–Crippen MR) is 89.6 cm³/mol. The number of ether oxygens (including phenoxy) is 2. The molecule has 1 saturated heterocycles. The van der Waals surface area contributed by atoms with E-state index in [1.165, 1.54) is 5.56 Å². The molecule has 0 spiro atoms. The molecule has 0 amide bonds. The van der Waals surface area contributed by atoms with Crippen LogP contribution >= 0.6 is 0 Å². The standard InChI is InChI=1S/C20H22O3/c1-22-18-11-9-16(10-12-18)19-17(13-14-23-20(19)21)8-7-15-5-3-2-4-6-15/h2-6,9-12,17,19H,7-8,13-14H2,1H3/t17-,19+/m1/s1. The summed E-state index contributed by atoms with van der Waals surface area (Å²) in [5.41, 5.74) is 2.34. The van der Waals surface area contributed by atoms with Crippen molar-refractivity contribution in [1.29, 1.82) is 0 Å². The molecule has 3 nitrogen and oxygen atoms in total. The summed E-state index contributed by atoms with van der Waals surface area (Å²) >= 11 is 0. The fraction of sp³-hybridized carbons (Fsp3) is 0.350. The second-order valence-corrected chi connectivity index (χ2v) is 5.99. The largest absolute Gasteiger partial charge is 0.497 e. The van der Waals surface area contributed by atoms with Gasteiger partial charge in [-0.15, -0.1) is 0 Å². The van der Waals surface area contributed by atoms with Crippen molar-refractivity contribution >= 4 is 5.97 Å². The minimum atomic E-state index is -0.168. The summed E-state index contributed by atoms with van der Waals surface area (Å²) in [6.45, 7) is 0.533. The van der Waals surface area contributed by atoms with Gasteiger partial charge >= 0.3 is 5.97 Å². The van der Waals surface area contributed by atoms with Gasteiger partial charge in [0, 0.05) is 0 Å². The van der Waals surface area contributed by atoms with E-state index in [1.807, 2.05) is 30.3 Å². The Hall–Kier alpha value is -2.29. The summed E-state index contributed by atoms with van der Waals surface area (Å²) in [6.07, 6.45) is 2.91. The van der Waals surface area contributed by atoms with Gasteiger partial charge in [-0.05, 0) is 48.4 Å². The quantitative estimate of drug-likeness (QED) is 0.784. The highest BCUT2D eigenvalue weighted by atomic mass is 16.5. The normalized spacial score (nSPS) is 20.8. The van der Waals surface area contributed by atoms with E-state index >= 15 is 0 Å². The van der Waals surface area contributed by atoms with E-state index < -0.39 is 0 Å². The third kappa shape index (κ3) is 3.73. The average molecular weight is 310 g/mol. The summed E-state index contributed by atoms with van der Waals surface area (Å²) in [4.78, 5) is 12.3. The van der Waals surface area contributed by atoms with Crippen LogP contribution in [0.5, 0.6) is 5.75 Å². The molecule has 3 rings (SSSR count). The molecule has 0 N–H and O–H groups in total. The molecule has 1 aliphatic heterocycles. The lowest BCUT2D eigenvalue weighted by molar-refractivity contribution is -0.152. The molecule has 23 heavy (non-hydrogen) atoms. The average Bonchev–Trinajstić information content (AvgIpc) is 2.61. The number of cyclic esters (lactones) is 1. The molecule has 0 aromatic heterocycles. The molecular weight excluding hydrogens is 288 g/mol. The SMILES string of the molecule is COc1ccc([C@@H]2C(=O)OCC[C@H]2CCc2ccccc2)cc1. The van der Waals surface area contributed by atoms with Crippen LogP contribution in [0.25, 0.3) is 0 Å². The first kappa shape index (κ1) is 15.6. The number of rotatable bonds is 5. The lowest BCUT2D eigenvalue weighted by atomic mass is 9.79. The van der Waals surface area contributed by atoms with E-state index in [9.17, 15) is 4.79 Å². The van der Waals surface area contributed by atoms with Crippen molar-refractivity contribution in [2.75, 3.05) is 13.7 Å². The van der Waals surface area contributed by atoms with Gasteiger partial charge in [-0.3, -0.25) is 4.79 Å².